The van der Waals surface area contributed by atoms with Crippen molar-refractivity contribution in [2.45, 2.75) is 56.8 Å². The largest absolute Gasteiger partial charge is 1.00 e. The van der Waals surface area contributed by atoms with Crippen LogP contribution in [0.5, 0.6) is 0 Å². The summed E-state index contributed by atoms with van der Waals surface area (Å²) < 4.78 is 95.0. The van der Waals surface area contributed by atoms with Gasteiger partial charge in [-0.05, 0) is 12.8 Å². The van der Waals surface area contributed by atoms with E-state index in [4.69, 9.17) is 0 Å². The second kappa shape index (κ2) is 11.7. The quantitative estimate of drug-likeness (QED) is 0.228. The first-order chi connectivity index (χ1) is 9.19. The Morgan fingerprint density at radius 1 is 0.857 bits per heavy atom. The Kier molecular flexibility index (Phi) is 13.0. The van der Waals surface area contributed by atoms with Gasteiger partial charge in [0.2, 0.25) is 0 Å². The van der Waals surface area contributed by atoms with Crippen LogP contribution in [0, 0.1) is 0 Å². The molecule has 0 N–H and O–H groups in total. The zero-order valence-corrected chi connectivity index (χ0v) is 12.6. The number of alkyl halides is 5. The van der Waals surface area contributed by atoms with Crippen LogP contribution in [0.1, 0.15) is 32.1 Å². The van der Waals surface area contributed by atoms with Crippen molar-refractivity contribution in [1.82, 2.24) is 0 Å². The Hall–Kier alpha value is 0.157. The topological polar surface area (TPSA) is 57.2 Å². The predicted molar refractivity (Wildman–Crippen MR) is 63.2 cm³/mol. The van der Waals surface area contributed by atoms with E-state index >= 15 is 0 Å². The number of hydrogen-bond donors (Lipinski definition) is 0. The molecule has 0 aliphatic rings. The fourth-order valence-electron chi connectivity index (χ4n) is 1.63. The molecule has 0 aliphatic carbocycles. The van der Waals surface area contributed by atoms with E-state index in [0.717, 1.165) is 0 Å². The van der Waals surface area contributed by atoms with E-state index in [-0.39, 0.29) is 31.7 Å². The second-order valence-electron chi connectivity index (χ2n) is 4.54. The van der Waals surface area contributed by atoms with Crippen LogP contribution in [0.15, 0.2) is 0 Å². The first-order valence-corrected chi connectivity index (χ1v) is 7.82. The normalized spacial score (nSPS) is 17.6. The Balaban J connectivity index is 0. The third kappa shape index (κ3) is 11.4. The Morgan fingerprint density at radius 2 is 1.33 bits per heavy atom. The van der Waals surface area contributed by atoms with Gasteiger partial charge in [0.15, 0.2) is 12.3 Å². The molecule has 0 spiro atoms. The second-order valence-corrected chi connectivity index (χ2v) is 5.99. The summed E-state index contributed by atoms with van der Waals surface area (Å²) >= 11 is 0. The Labute approximate surface area is 133 Å². The molecule has 0 aromatic carbocycles. The molecule has 0 radical (unpaired) electrons. The van der Waals surface area contributed by atoms with Gasteiger partial charge in [-0.3, -0.25) is 4.39 Å². The summed E-state index contributed by atoms with van der Waals surface area (Å²) in [5.41, 5.74) is 0. The van der Waals surface area contributed by atoms with E-state index in [9.17, 15) is 34.9 Å². The molecule has 122 valence electrons. The van der Waals surface area contributed by atoms with Crippen molar-refractivity contribution < 1.29 is 53.8 Å². The molecule has 0 heterocycles. The summed E-state index contributed by atoms with van der Waals surface area (Å²) in [6.07, 6.45) is -9.97. The molecule has 0 fully saturated rings. The minimum absolute atomic E-state index is 0. The molecule has 0 saturated heterocycles. The van der Waals surface area contributed by atoms with Gasteiger partial charge in [-0.2, -0.15) is 0 Å². The van der Waals surface area contributed by atoms with E-state index in [1.165, 1.54) is 0 Å². The molecule has 21 heavy (non-hydrogen) atoms. The van der Waals surface area contributed by atoms with E-state index < -0.39 is 47.2 Å². The van der Waals surface area contributed by atoms with Gasteiger partial charge < -0.3 is 4.55 Å². The van der Waals surface area contributed by atoms with E-state index in [2.05, 4.69) is 0 Å². The van der Waals surface area contributed by atoms with E-state index in [0.29, 0.717) is 19.3 Å². The van der Waals surface area contributed by atoms with Gasteiger partial charge in [0.1, 0.15) is 12.3 Å². The molecule has 10 heteroatoms. The monoisotopic (exact) mass is 332 g/mol. The van der Waals surface area contributed by atoms with Crippen LogP contribution >= 0.6 is 0 Å². The maximum absolute atomic E-state index is 13.3. The molecule has 0 amide bonds. The molecule has 0 saturated carbocycles. The zero-order chi connectivity index (χ0) is 15.8. The molecule has 4 atom stereocenters. The maximum atomic E-state index is 13.3. The SMILES string of the molecule is O=S(=O)([O-])CC(F)C(F)C(F)C(F)CCCCCCF.[Li+]. The molecule has 3 nitrogen and oxygen atoms in total. The molecular formula is C11H18F5LiO3S. The zero-order valence-electron chi connectivity index (χ0n) is 11.8. The maximum Gasteiger partial charge on any atom is 1.00 e. The van der Waals surface area contributed by atoms with Crippen molar-refractivity contribution in [3.8, 4) is 0 Å². The number of hydrogen-bond acceptors (Lipinski definition) is 3. The van der Waals surface area contributed by atoms with E-state index in [1.54, 1.807) is 0 Å². The van der Waals surface area contributed by atoms with Crippen LogP contribution < -0.4 is 18.9 Å². The molecular weight excluding hydrogens is 314 g/mol. The average Bonchev–Trinajstić information content (AvgIpc) is 2.34. The van der Waals surface area contributed by atoms with Gasteiger partial charge in [-0.15, -0.1) is 0 Å². The third-order valence-electron chi connectivity index (χ3n) is 2.72. The minimum atomic E-state index is -5.04. The van der Waals surface area contributed by atoms with Crippen LogP contribution in [0.25, 0.3) is 0 Å². The van der Waals surface area contributed by atoms with Crippen LogP contribution in [0.4, 0.5) is 22.0 Å². The van der Waals surface area contributed by atoms with E-state index in [1.807, 2.05) is 0 Å². The van der Waals surface area contributed by atoms with Crippen LogP contribution in [-0.4, -0.2) is 50.1 Å². The number of unbranched alkanes of at least 4 members (excludes halogenated alkanes) is 3. The summed E-state index contributed by atoms with van der Waals surface area (Å²) in [7, 11) is -5.04. The van der Waals surface area contributed by atoms with Crippen molar-refractivity contribution in [2.24, 2.45) is 0 Å². The van der Waals surface area contributed by atoms with Gasteiger partial charge in [0.25, 0.3) is 0 Å². The van der Waals surface area contributed by atoms with Gasteiger partial charge in [0.05, 0.1) is 22.5 Å². The van der Waals surface area contributed by atoms with Gasteiger partial charge >= 0.3 is 18.9 Å². The first-order valence-electron chi connectivity index (χ1n) is 6.25. The number of rotatable bonds is 11. The van der Waals surface area contributed by atoms with Crippen molar-refractivity contribution >= 4 is 10.1 Å². The third-order valence-corrected chi connectivity index (χ3v) is 3.45. The molecule has 4 unspecified atom stereocenters. The van der Waals surface area contributed by atoms with Gasteiger partial charge in [-0.1, -0.05) is 19.3 Å². The fourth-order valence-corrected chi connectivity index (χ4v) is 2.21. The van der Waals surface area contributed by atoms with Crippen LogP contribution in [0.3, 0.4) is 0 Å². The summed E-state index contributed by atoms with van der Waals surface area (Å²) in [4.78, 5) is 0. The van der Waals surface area contributed by atoms with Crippen LogP contribution in [-0.2, 0) is 10.1 Å². The summed E-state index contributed by atoms with van der Waals surface area (Å²) in [6, 6.07) is 0. The minimum Gasteiger partial charge on any atom is -0.748 e. The number of halogens is 5. The molecule has 0 aromatic heterocycles. The fraction of sp³-hybridized carbons (Fsp3) is 1.00. The van der Waals surface area contributed by atoms with Gasteiger partial charge in [-0.25, -0.2) is 26.0 Å². The molecule has 0 aromatic rings. The van der Waals surface area contributed by atoms with Gasteiger partial charge in [0, 0.05) is 0 Å². The summed E-state index contributed by atoms with van der Waals surface area (Å²) in [5, 5.41) is 0. The van der Waals surface area contributed by atoms with Crippen molar-refractivity contribution in [3.05, 3.63) is 0 Å². The summed E-state index contributed by atoms with van der Waals surface area (Å²) in [5.74, 6) is -1.72. The molecule has 0 rings (SSSR count). The Morgan fingerprint density at radius 3 is 1.81 bits per heavy atom. The summed E-state index contributed by atoms with van der Waals surface area (Å²) in [6.45, 7) is -0.509. The predicted octanol–water partition coefficient (Wildman–Crippen LogP) is -0.192. The van der Waals surface area contributed by atoms with Crippen LogP contribution in [0.2, 0.25) is 0 Å². The Bertz CT molecular complexity index is 358. The molecule has 0 bridgehead atoms. The van der Waals surface area contributed by atoms with Crippen molar-refractivity contribution in [3.63, 3.8) is 0 Å². The molecule has 0 aliphatic heterocycles. The first kappa shape index (κ1) is 23.4. The van der Waals surface area contributed by atoms with Crippen molar-refractivity contribution in [1.29, 1.82) is 0 Å². The van der Waals surface area contributed by atoms with Crippen molar-refractivity contribution in [2.75, 3.05) is 12.4 Å². The smallest absolute Gasteiger partial charge is 0.748 e. The average molecular weight is 332 g/mol. The standard InChI is InChI=1S/C11H19F5O3S.Li/c12-6-4-2-1-3-5-8(13)10(15)11(16)9(14)7-20(17,18)19;/h8-11H,1-7H2,(H,17,18,19);/q;+1/p-1.